The molecule has 2 unspecified atom stereocenters. The molecule has 3 aliphatic rings. The fourth-order valence-corrected chi connectivity index (χ4v) is 5.21. The molecular formula is C27H27N9. The van der Waals surface area contributed by atoms with Crippen LogP contribution in [0.2, 0.25) is 0 Å². The zero-order valence-electron chi connectivity index (χ0n) is 20.4. The highest BCUT2D eigenvalue weighted by atomic mass is 15.4. The molecule has 3 aliphatic heterocycles. The van der Waals surface area contributed by atoms with Crippen LogP contribution in [0.25, 0.3) is 11.4 Å². The molecule has 0 radical (unpaired) electrons. The number of aryl methyl sites for hydroxylation is 2. The second-order valence-corrected chi connectivity index (χ2v) is 9.72. The fraction of sp³-hybridized carbons (Fsp3) is 0.333. The Labute approximate surface area is 209 Å². The molecule has 7 rings (SSSR count). The van der Waals surface area contributed by atoms with Crippen LogP contribution < -0.4 is 4.90 Å². The predicted molar refractivity (Wildman–Crippen MR) is 135 cm³/mol. The first-order chi connectivity index (χ1) is 17.5. The van der Waals surface area contributed by atoms with Gasteiger partial charge < -0.3 is 4.90 Å². The van der Waals surface area contributed by atoms with Crippen molar-refractivity contribution in [3.8, 4) is 17.5 Å². The van der Waals surface area contributed by atoms with E-state index in [1.165, 1.54) is 6.42 Å². The summed E-state index contributed by atoms with van der Waals surface area (Å²) in [6.07, 6.45) is 5.41. The maximum Gasteiger partial charge on any atom is 0.161 e. The Morgan fingerprint density at radius 1 is 0.972 bits per heavy atom. The van der Waals surface area contributed by atoms with Crippen LogP contribution in [0.1, 0.15) is 40.5 Å². The van der Waals surface area contributed by atoms with Gasteiger partial charge in [0.1, 0.15) is 11.9 Å². The Morgan fingerprint density at radius 3 is 2.50 bits per heavy atom. The van der Waals surface area contributed by atoms with Crippen LogP contribution >= 0.6 is 0 Å². The second-order valence-electron chi connectivity index (χ2n) is 9.72. The molecule has 0 aromatic carbocycles. The molecule has 36 heavy (non-hydrogen) atoms. The molecule has 9 nitrogen and oxygen atoms in total. The predicted octanol–water partition coefficient (Wildman–Crippen LogP) is 3.20. The maximum atomic E-state index is 8.98. The van der Waals surface area contributed by atoms with E-state index in [1.54, 1.807) is 6.20 Å². The van der Waals surface area contributed by atoms with E-state index in [0.717, 1.165) is 59.5 Å². The van der Waals surface area contributed by atoms with Gasteiger partial charge in [-0.3, -0.25) is 15.0 Å². The lowest BCUT2D eigenvalue weighted by Gasteiger charge is -2.56. The van der Waals surface area contributed by atoms with Gasteiger partial charge in [-0.1, -0.05) is 0 Å². The van der Waals surface area contributed by atoms with Crippen molar-refractivity contribution in [2.24, 2.45) is 0 Å². The molecule has 180 valence electrons. The summed E-state index contributed by atoms with van der Waals surface area (Å²) >= 11 is 0. The van der Waals surface area contributed by atoms with Crippen molar-refractivity contribution in [1.29, 1.82) is 5.26 Å². The first-order valence-corrected chi connectivity index (χ1v) is 12.2. The van der Waals surface area contributed by atoms with Crippen molar-refractivity contribution >= 4 is 5.82 Å². The smallest absolute Gasteiger partial charge is 0.161 e. The molecule has 2 bridgehead atoms. The van der Waals surface area contributed by atoms with Gasteiger partial charge in [0, 0.05) is 67.5 Å². The van der Waals surface area contributed by atoms with E-state index < -0.39 is 0 Å². The van der Waals surface area contributed by atoms with Crippen molar-refractivity contribution in [1.82, 2.24) is 35.0 Å². The van der Waals surface area contributed by atoms with Gasteiger partial charge in [-0.15, -0.1) is 0 Å². The van der Waals surface area contributed by atoms with Gasteiger partial charge in [0.05, 0.1) is 22.6 Å². The number of aromatic amines is 1. The number of hydrogen-bond donors (Lipinski definition) is 1. The van der Waals surface area contributed by atoms with Gasteiger partial charge >= 0.3 is 0 Å². The number of nitrogens with one attached hydrogen (secondary N) is 1. The maximum absolute atomic E-state index is 8.98. The largest absolute Gasteiger partial charge is 0.353 e. The Kier molecular flexibility index (Phi) is 5.66. The topological polar surface area (TPSA) is 111 Å². The average molecular weight is 478 g/mol. The van der Waals surface area contributed by atoms with Gasteiger partial charge in [0.2, 0.25) is 0 Å². The van der Waals surface area contributed by atoms with Gasteiger partial charge in [-0.2, -0.15) is 10.4 Å². The third kappa shape index (κ3) is 4.43. The van der Waals surface area contributed by atoms with E-state index in [4.69, 9.17) is 15.2 Å². The van der Waals surface area contributed by atoms with Crippen LogP contribution in [0.4, 0.5) is 5.82 Å². The van der Waals surface area contributed by atoms with E-state index >= 15 is 0 Å². The van der Waals surface area contributed by atoms with Crippen molar-refractivity contribution in [2.45, 2.75) is 45.3 Å². The quantitative estimate of drug-likeness (QED) is 0.451. The average Bonchev–Trinajstić information content (AvgIpc) is 3.31. The summed E-state index contributed by atoms with van der Waals surface area (Å²) in [4.78, 5) is 23.5. The number of hydrogen-bond acceptors (Lipinski definition) is 8. The number of rotatable bonds is 6. The first-order valence-electron chi connectivity index (χ1n) is 12.2. The molecule has 4 aromatic rings. The Bertz CT molecular complexity index is 1410. The highest BCUT2D eigenvalue weighted by Crippen LogP contribution is 2.35. The van der Waals surface area contributed by atoms with Crippen molar-refractivity contribution < 1.29 is 0 Å². The van der Waals surface area contributed by atoms with Crippen LogP contribution in [0.5, 0.6) is 0 Å². The van der Waals surface area contributed by atoms with E-state index in [2.05, 4.69) is 48.2 Å². The van der Waals surface area contributed by atoms with Crippen molar-refractivity contribution in [3.63, 3.8) is 0 Å². The lowest BCUT2D eigenvalue weighted by Crippen LogP contribution is -2.68. The zero-order chi connectivity index (χ0) is 24.6. The van der Waals surface area contributed by atoms with E-state index in [-0.39, 0.29) is 0 Å². The minimum atomic E-state index is 0.496. The standard InChI is InChI=1S/C27H27N9/c1-17-7-22(9-23-8-18(2)33-34-23)32-27(31-17)20-4-6-26(30-13-20)35-15-24-10-25(16-35)36(24)14-21-5-3-19(11-28)12-29-21/h3-8,12-13,24-25H,9-10,14-16H2,1-2H3,(H,33,34). The van der Waals surface area contributed by atoms with Crippen LogP contribution in [-0.4, -0.2) is 60.2 Å². The molecule has 0 spiro atoms. The Morgan fingerprint density at radius 2 is 1.83 bits per heavy atom. The number of piperazine rings is 1. The third-order valence-corrected chi connectivity index (χ3v) is 7.00. The van der Waals surface area contributed by atoms with Crippen LogP contribution in [-0.2, 0) is 13.0 Å². The van der Waals surface area contributed by atoms with Crippen LogP contribution in [0, 0.1) is 25.2 Å². The second kappa shape index (κ2) is 9.13. The number of nitriles is 1. The summed E-state index contributed by atoms with van der Waals surface area (Å²) in [5.41, 5.74) is 6.42. The molecule has 4 aromatic heterocycles. The van der Waals surface area contributed by atoms with Crippen LogP contribution in [0.15, 0.2) is 48.8 Å². The fourth-order valence-electron chi connectivity index (χ4n) is 5.21. The van der Waals surface area contributed by atoms with Crippen LogP contribution in [0.3, 0.4) is 0 Å². The SMILES string of the molecule is Cc1cc(Cc2cc(C)[nH]n2)nc(-c2ccc(N3CC4CC(C3)N4Cc3ccc(C#N)cn3)nc2)n1. The Hall–Kier alpha value is -4.16. The third-order valence-electron chi connectivity index (χ3n) is 7.00. The molecular weight excluding hydrogens is 450 g/mol. The highest BCUT2D eigenvalue weighted by molar-refractivity contribution is 5.57. The molecule has 3 saturated heterocycles. The molecule has 3 fully saturated rings. The molecule has 2 atom stereocenters. The molecule has 9 heteroatoms. The zero-order valence-corrected chi connectivity index (χ0v) is 20.4. The number of piperidine rings is 1. The summed E-state index contributed by atoms with van der Waals surface area (Å²) in [6.45, 7) is 6.72. The minimum absolute atomic E-state index is 0.496. The normalized spacial score (nSPS) is 19.1. The number of pyridine rings is 2. The number of aromatic nitrogens is 6. The van der Waals surface area contributed by atoms with Gasteiger partial charge in [0.15, 0.2) is 5.82 Å². The molecule has 0 saturated carbocycles. The van der Waals surface area contributed by atoms with E-state index in [9.17, 15) is 0 Å². The lowest BCUT2D eigenvalue weighted by molar-refractivity contribution is -0.00968. The van der Waals surface area contributed by atoms with Crippen molar-refractivity contribution in [2.75, 3.05) is 18.0 Å². The molecule has 0 amide bonds. The highest BCUT2D eigenvalue weighted by Gasteiger charge is 2.44. The van der Waals surface area contributed by atoms with E-state index in [1.807, 2.05) is 44.3 Å². The number of H-pyrrole nitrogens is 1. The summed E-state index contributed by atoms with van der Waals surface area (Å²) in [5.74, 6) is 1.68. The summed E-state index contributed by atoms with van der Waals surface area (Å²) < 4.78 is 0. The molecule has 1 N–H and O–H groups in total. The lowest BCUT2D eigenvalue weighted by atomic mass is 9.87. The van der Waals surface area contributed by atoms with Gasteiger partial charge in [-0.25, -0.2) is 15.0 Å². The minimum Gasteiger partial charge on any atom is -0.353 e. The summed E-state index contributed by atoms with van der Waals surface area (Å²) in [5, 5.41) is 16.3. The number of fused-ring (bicyclic) bond motifs is 2. The number of anilines is 1. The monoisotopic (exact) mass is 477 g/mol. The van der Waals surface area contributed by atoms with Crippen molar-refractivity contribution in [3.05, 3.63) is 82.8 Å². The van der Waals surface area contributed by atoms with Gasteiger partial charge in [-0.05, 0) is 56.7 Å². The number of nitrogens with zero attached hydrogens (tertiary/aromatic N) is 8. The van der Waals surface area contributed by atoms with Gasteiger partial charge in [0.25, 0.3) is 0 Å². The first kappa shape index (κ1) is 22.3. The summed E-state index contributed by atoms with van der Waals surface area (Å²) in [7, 11) is 0. The molecule has 7 heterocycles. The Balaban J connectivity index is 1.12. The van der Waals surface area contributed by atoms with E-state index in [0.29, 0.717) is 29.9 Å². The summed E-state index contributed by atoms with van der Waals surface area (Å²) in [6, 6.07) is 15.1. The molecule has 0 aliphatic carbocycles.